The summed E-state index contributed by atoms with van der Waals surface area (Å²) >= 11 is 11.2. The molecule has 0 bridgehead atoms. The van der Waals surface area contributed by atoms with Crippen molar-refractivity contribution in [2.45, 2.75) is 19.6 Å². The SMILES string of the molecule is CC(CNCc1cccs1)Oc1ccc(Br)cc1Cl. The van der Waals surface area contributed by atoms with Gasteiger partial charge in [0.05, 0.1) is 5.02 Å². The Morgan fingerprint density at radius 1 is 1.42 bits per heavy atom. The van der Waals surface area contributed by atoms with Gasteiger partial charge in [0.1, 0.15) is 11.9 Å². The molecule has 2 rings (SSSR count). The molecule has 1 N–H and O–H groups in total. The van der Waals surface area contributed by atoms with E-state index < -0.39 is 0 Å². The van der Waals surface area contributed by atoms with Crippen LogP contribution in [0.1, 0.15) is 11.8 Å². The Morgan fingerprint density at radius 2 is 2.26 bits per heavy atom. The fourth-order valence-corrected chi connectivity index (χ4v) is 3.03. The molecule has 0 aliphatic rings. The van der Waals surface area contributed by atoms with Crippen LogP contribution in [0.2, 0.25) is 5.02 Å². The van der Waals surface area contributed by atoms with E-state index in [2.05, 4.69) is 38.8 Å². The lowest BCUT2D eigenvalue weighted by Gasteiger charge is -2.16. The number of halogens is 2. The molecule has 19 heavy (non-hydrogen) atoms. The fourth-order valence-electron chi connectivity index (χ4n) is 1.64. The van der Waals surface area contributed by atoms with E-state index in [0.29, 0.717) is 5.02 Å². The first kappa shape index (κ1) is 14.9. The summed E-state index contributed by atoms with van der Waals surface area (Å²) in [6, 6.07) is 9.82. The number of thiophene rings is 1. The zero-order valence-corrected chi connectivity index (χ0v) is 13.7. The Hall–Kier alpha value is -0.550. The molecular weight excluding hydrogens is 346 g/mol. The summed E-state index contributed by atoms with van der Waals surface area (Å²) in [6.45, 7) is 3.68. The first-order valence-electron chi connectivity index (χ1n) is 6.00. The smallest absolute Gasteiger partial charge is 0.138 e. The monoisotopic (exact) mass is 359 g/mol. The molecule has 5 heteroatoms. The van der Waals surface area contributed by atoms with E-state index in [1.54, 1.807) is 11.3 Å². The second-order valence-corrected chi connectivity index (χ2v) is 6.57. The second kappa shape index (κ2) is 7.29. The van der Waals surface area contributed by atoms with Gasteiger partial charge >= 0.3 is 0 Å². The average Bonchev–Trinajstić information content (AvgIpc) is 2.86. The van der Waals surface area contributed by atoms with E-state index in [1.807, 2.05) is 25.1 Å². The molecule has 1 aromatic heterocycles. The van der Waals surface area contributed by atoms with Crippen molar-refractivity contribution < 1.29 is 4.74 Å². The minimum atomic E-state index is 0.0682. The number of benzene rings is 1. The molecule has 0 aliphatic carbocycles. The van der Waals surface area contributed by atoms with Crippen LogP contribution < -0.4 is 10.1 Å². The third kappa shape index (κ3) is 4.80. The number of hydrogen-bond acceptors (Lipinski definition) is 3. The predicted octanol–water partition coefficient (Wildman–Crippen LogP) is 4.72. The van der Waals surface area contributed by atoms with Gasteiger partial charge < -0.3 is 10.1 Å². The normalized spacial score (nSPS) is 12.4. The summed E-state index contributed by atoms with van der Waals surface area (Å²) < 4.78 is 6.76. The van der Waals surface area contributed by atoms with Gasteiger partial charge in [-0.25, -0.2) is 0 Å². The maximum absolute atomic E-state index is 6.12. The molecule has 2 nitrogen and oxygen atoms in total. The molecule has 0 aliphatic heterocycles. The van der Waals surface area contributed by atoms with E-state index in [1.165, 1.54) is 4.88 Å². The van der Waals surface area contributed by atoms with Crippen molar-refractivity contribution in [2.75, 3.05) is 6.54 Å². The van der Waals surface area contributed by atoms with E-state index in [0.717, 1.165) is 23.3 Å². The van der Waals surface area contributed by atoms with Gasteiger partial charge in [-0.1, -0.05) is 33.6 Å². The Morgan fingerprint density at radius 3 is 2.95 bits per heavy atom. The lowest BCUT2D eigenvalue weighted by atomic mass is 10.3. The van der Waals surface area contributed by atoms with Crippen LogP contribution in [0.25, 0.3) is 0 Å². The van der Waals surface area contributed by atoms with Crippen LogP contribution in [0.15, 0.2) is 40.2 Å². The quantitative estimate of drug-likeness (QED) is 0.804. The van der Waals surface area contributed by atoms with Gasteiger partial charge in [-0.15, -0.1) is 11.3 Å². The largest absolute Gasteiger partial charge is 0.488 e. The minimum Gasteiger partial charge on any atom is -0.488 e. The lowest BCUT2D eigenvalue weighted by molar-refractivity contribution is 0.217. The number of ether oxygens (including phenoxy) is 1. The zero-order valence-electron chi connectivity index (χ0n) is 10.5. The molecular formula is C14H15BrClNOS. The summed E-state index contributed by atoms with van der Waals surface area (Å²) in [5.74, 6) is 0.718. The zero-order chi connectivity index (χ0) is 13.7. The van der Waals surface area contributed by atoms with Gasteiger partial charge in [-0.05, 0) is 36.6 Å². The maximum Gasteiger partial charge on any atom is 0.138 e. The second-order valence-electron chi connectivity index (χ2n) is 4.21. The summed E-state index contributed by atoms with van der Waals surface area (Å²) in [4.78, 5) is 1.33. The van der Waals surface area contributed by atoms with Crippen LogP contribution in [0.3, 0.4) is 0 Å². The molecule has 102 valence electrons. The summed E-state index contributed by atoms with van der Waals surface area (Å²) in [7, 11) is 0. The first-order chi connectivity index (χ1) is 9.15. The molecule has 1 heterocycles. The highest BCUT2D eigenvalue weighted by molar-refractivity contribution is 9.10. The molecule has 1 aromatic carbocycles. The van der Waals surface area contributed by atoms with E-state index in [4.69, 9.17) is 16.3 Å². The van der Waals surface area contributed by atoms with E-state index in [9.17, 15) is 0 Å². The molecule has 0 spiro atoms. The van der Waals surface area contributed by atoms with Gasteiger partial charge in [0.15, 0.2) is 0 Å². The standard InChI is InChI=1S/C14H15BrClNOS/c1-10(8-17-9-12-3-2-6-19-12)18-14-5-4-11(15)7-13(14)16/h2-7,10,17H,8-9H2,1H3. The third-order valence-corrected chi connectivity index (χ3v) is 4.20. The van der Waals surface area contributed by atoms with Gasteiger partial charge in [0.2, 0.25) is 0 Å². The lowest BCUT2D eigenvalue weighted by Crippen LogP contribution is -2.28. The average molecular weight is 361 g/mol. The van der Waals surface area contributed by atoms with Crippen LogP contribution in [0, 0.1) is 0 Å². The Labute approximate surface area is 130 Å². The van der Waals surface area contributed by atoms with Crippen molar-refractivity contribution in [3.8, 4) is 5.75 Å². The fraction of sp³-hybridized carbons (Fsp3) is 0.286. The van der Waals surface area contributed by atoms with Gasteiger partial charge in [-0.3, -0.25) is 0 Å². The molecule has 1 unspecified atom stereocenters. The Balaban J connectivity index is 1.79. The minimum absolute atomic E-state index is 0.0682. The highest BCUT2D eigenvalue weighted by Gasteiger charge is 2.07. The number of nitrogens with one attached hydrogen (secondary N) is 1. The molecule has 0 radical (unpaired) electrons. The Bertz CT molecular complexity index is 518. The van der Waals surface area contributed by atoms with E-state index >= 15 is 0 Å². The van der Waals surface area contributed by atoms with E-state index in [-0.39, 0.29) is 6.10 Å². The van der Waals surface area contributed by atoms with Crippen molar-refractivity contribution in [3.63, 3.8) is 0 Å². The van der Waals surface area contributed by atoms with Gasteiger partial charge in [0, 0.05) is 22.4 Å². The molecule has 1 atom stereocenters. The molecule has 0 amide bonds. The van der Waals surface area contributed by atoms with Crippen LogP contribution in [0.4, 0.5) is 0 Å². The number of rotatable bonds is 6. The Kier molecular flexibility index (Phi) is 5.70. The molecule has 0 saturated carbocycles. The van der Waals surface area contributed by atoms with Crippen molar-refractivity contribution in [1.82, 2.24) is 5.32 Å². The van der Waals surface area contributed by atoms with Crippen molar-refractivity contribution in [1.29, 1.82) is 0 Å². The predicted molar refractivity (Wildman–Crippen MR) is 85.3 cm³/mol. The highest BCUT2D eigenvalue weighted by atomic mass is 79.9. The third-order valence-electron chi connectivity index (χ3n) is 2.53. The molecule has 0 fully saturated rings. The summed E-state index contributed by atoms with van der Waals surface area (Å²) in [6.07, 6.45) is 0.0682. The molecule has 0 saturated heterocycles. The van der Waals surface area contributed by atoms with Crippen molar-refractivity contribution in [2.24, 2.45) is 0 Å². The van der Waals surface area contributed by atoms with Crippen LogP contribution in [0.5, 0.6) is 5.75 Å². The van der Waals surface area contributed by atoms with Crippen molar-refractivity contribution >= 4 is 38.9 Å². The first-order valence-corrected chi connectivity index (χ1v) is 8.05. The van der Waals surface area contributed by atoms with Gasteiger partial charge in [-0.2, -0.15) is 0 Å². The topological polar surface area (TPSA) is 21.3 Å². The number of hydrogen-bond donors (Lipinski definition) is 1. The maximum atomic E-state index is 6.12. The summed E-state index contributed by atoms with van der Waals surface area (Å²) in [5.41, 5.74) is 0. The highest BCUT2D eigenvalue weighted by Crippen LogP contribution is 2.28. The van der Waals surface area contributed by atoms with Gasteiger partial charge in [0.25, 0.3) is 0 Å². The van der Waals surface area contributed by atoms with Crippen LogP contribution in [-0.2, 0) is 6.54 Å². The summed E-state index contributed by atoms with van der Waals surface area (Å²) in [5, 5.41) is 6.08. The van der Waals surface area contributed by atoms with Crippen LogP contribution >= 0.6 is 38.9 Å². The van der Waals surface area contributed by atoms with Crippen LogP contribution in [-0.4, -0.2) is 12.6 Å². The molecule has 2 aromatic rings. The van der Waals surface area contributed by atoms with Crippen molar-refractivity contribution in [3.05, 3.63) is 50.1 Å².